The second kappa shape index (κ2) is 11.3. The molecule has 0 fully saturated rings. The minimum atomic E-state index is -1.18. The van der Waals surface area contributed by atoms with Gasteiger partial charge in [0, 0.05) is 21.3 Å². The van der Waals surface area contributed by atoms with Crippen LogP contribution in [0.5, 0.6) is 0 Å². The molecule has 2 aromatic carbocycles. The summed E-state index contributed by atoms with van der Waals surface area (Å²) in [6.45, 7) is 8.57. The number of hydrogen-bond donors (Lipinski definition) is 2. The Kier molecular flexibility index (Phi) is 8.44. The number of amides is 1. The van der Waals surface area contributed by atoms with Crippen molar-refractivity contribution in [1.82, 2.24) is 14.9 Å². The second-order valence-electron chi connectivity index (χ2n) is 9.02. The van der Waals surface area contributed by atoms with Crippen molar-refractivity contribution in [2.75, 3.05) is 13.2 Å². The molecular weight excluding hydrogens is 422 g/mol. The van der Waals surface area contributed by atoms with E-state index in [1.807, 2.05) is 53.1 Å². The average Bonchev–Trinajstić information content (AvgIpc) is 3.11. The van der Waals surface area contributed by atoms with Gasteiger partial charge in [-0.25, -0.2) is 9.78 Å². The molecule has 0 aliphatic rings. The molecular formula is C24H33N3O4Si. The van der Waals surface area contributed by atoms with Gasteiger partial charge < -0.3 is 24.5 Å². The van der Waals surface area contributed by atoms with Crippen molar-refractivity contribution >= 4 is 25.2 Å². The lowest BCUT2D eigenvalue weighted by Crippen LogP contribution is -2.26. The summed E-state index contributed by atoms with van der Waals surface area (Å²) in [4.78, 5) is 16.9. The van der Waals surface area contributed by atoms with Gasteiger partial charge in [0.1, 0.15) is 19.2 Å². The number of rotatable bonds is 11. The number of aliphatic hydroxyl groups excluding tert-OH is 1. The minimum Gasteiger partial charge on any atom is -0.445 e. The number of imidazole rings is 1. The van der Waals surface area contributed by atoms with Gasteiger partial charge in [0.25, 0.3) is 0 Å². The Morgan fingerprint density at radius 2 is 1.91 bits per heavy atom. The van der Waals surface area contributed by atoms with E-state index in [9.17, 15) is 9.90 Å². The Morgan fingerprint density at radius 1 is 1.12 bits per heavy atom. The van der Waals surface area contributed by atoms with Gasteiger partial charge in [-0.05, 0) is 35.7 Å². The Morgan fingerprint density at radius 3 is 2.62 bits per heavy atom. The lowest BCUT2D eigenvalue weighted by Gasteiger charge is -2.16. The number of nitrogens with one attached hydrogen (secondary N) is 1. The molecule has 3 aromatic rings. The third-order valence-corrected chi connectivity index (χ3v) is 6.82. The zero-order valence-electron chi connectivity index (χ0n) is 19.1. The molecule has 0 aliphatic carbocycles. The molecule has 0 unspecified atom stereocenters. The molecule has 0 saturated heterocycles. The van der Waals surface area contributed by atoms with Crippen molar-refractivity contribution in [3.63, 3.8) is 0 Å². The minimum absolute atomic E-state index is 0.0910. The fourth-order valence-corrected chi connectivity index (χ4v) is 4.01. The largest absolute Gasteiger partial charge is 0.445 e. The normalized spacial score (nSPS) is 11.6. The summed E-state index contributed by atoms with van der Waals surface area (Å²) in [5, 5.41) is 12.0. The molecule has 1 aromatic heterocycles. The Hall–Kier alpha value is -2.68. The summed E-state index contributed by atoms with van der Waals surface area (Å²) >= 11 is 0. The van der Waals surface area contributed by atoms with E-state index in [1.54, 1.807) is 0 Å². The van der Waals surface area contributed by atoms with Crippen LogP contribution in [-0.2, 0) is 35.8 Å². The van der Waals surface area contributed by atoms with Crippen LogP contribution in [0.15, 0.2) is 48.5 Å². The number of ether oxygens (including phenoxy) is 2. The number of benzene rings is 2. The molecule has 0 saturated carbocycles. The zero-order valence-corrected chi connectivity index (χ0v) is 20.1. The third kappa shape index (κ3) is 7.18. The highest BCUT2D eigenvalue weighted by atomic mass is 28.3. The van der Waals surface area contributed by atoms with Crippen molar-refractivity contribution in [2.24, 2.45) is 0 Å². The van der Waals surface area contributed by atoms with Crippen LogP contribution in [0.3, 0.4) is 0 Å². The smallest absolute Gasteiger partial charge is 0.407 e. The number of carbonyl (C=O) groups is 1. The van der Waals surface area contributed by atoms with Crippen molar-refractivity contribution in [1.29, 1.82) is 0 Å². The number of carbonyl (C=O) groups excluding carboxylic acids is 1. The van der Waals surface area contributed by atoms with E-state index in [-0.39, 0.29) is 19.8 Å². The molecule has 1 amide bonds. The van der Waals surface area contributed by atoms with Crippen LogP contribution in [0.2, 0.25) is 25.7 Å². The first-order valence-electron chi connectivity index (χ1n) is 11.0. The SMILES string of the molecule is C[Si](C)(C)CCOCn1c(CNC(=O)OCc2ccccc2)nc2cc(CCO)ccc21. The van der Waals surface area contributed by atoms with Gasteiger partial charge in [-0.15, -0.1) is 0 Å². The quantitative estimate of drug-likeness (QED) is 0.332. The van der Waals surface area contributed by atoms with E-state index in [0.29, 0.717) is 25.6 Å². The predicted molar refractivity (Wildman–Crippen MR) is 128 cm³/mol. The van der Waals surface area contributed by atoms with Crippen LogP contribution in [-0.4, -0.2) is 42.0 Å². The summed E-state index contributed by atoms with van der Waals surface area (Å²) in [6.07, 6.45) is 0.0858. The number of nitrogens with zero attached hydrogens (tertiary/aromatic N) is 2. The maximum atomic E-state index is 12.2. The van der Waals surface area contributed by atoms with E-state index in [0.717, 1.165) is 28.2 Å². The van der Waals surface area contributed by atoms with Gasteiger partial charge in [-0.3, -0.25) is 0 Å². The van der Waals surface area contributed by atoms with Gasteiger partial charge >= 0.3 is 6.09 Å². The number of alkyl carbamates (subject to hydrolysis) is 1. The fraction of sp³-hybridized carbons (Fsp3) is 0.417. The molecule has 8 heteroatoms. The Labute approximate surface area is 190 Å². The highest BCUT2D eigenvalue weighted by molar-refractivity contribution is 6.76. The van der Waals surface area contributed by atoms with E-state index in [1.165, 1.54) is 0 Å². The van der Waals surface area contributed by atoms with Crippen LogP contribution in [0.1, 0.15) is 17.0 Å². The Balaban J connectivity index is 1.67. The highest BCUT2D eigenvalue weighted by Gasteiger charge is 2.15. The van der Waals surface area contributed by atoms with Crippen LogP contribution in [0, 0.1) is 0 Å². The van der Waals surface area contributed by atoms with E-state index < -0.39 is 14.2 Å². The van der Waals surface area contributed by atoms with Crippen molar-refractivity contribution in [3.05, 3.63) is 65.5 Å². The topological polar surface area (TPSA) is 85.6 Å². The summed E-state index contributed by atoms with van der Waals surface area (Å²) in [5.41, 5.74) is 3.71. The van der Waals surface area contributed by atoms with Crippen LogP contribution in [0.4, 0.5) is 4.79 Å². The number of aromatic nitrogens is 2. The number of fused-ring (bicyclic) bond motifs is 1. The third-order valence-electron chi connectivity index (χ3n) is 5.11. The summed E-state index contributed by atoms with van der Waals surface area (Å²) in [7, 11) is -1.18. The first-order chi connectivity index (χ1) is 15.4. The maximum Gasteiger partial charge on any atom is 0.407 e. The molecule has 0 aliphatic heterocycles. The lowest BCUT2D eigenvalue weighted by molar-refractivity contribution is 0.0873. The molecule has 3 rings (SSSR count). The maximum absolute atomic E-state index is 12.2. The first-order valence-corrected chi connectivity index (χ1v) is 14.7. The van der Waals surface area contributed by atoms with E-state index in [4.69, 9.17) is 14.5 Å². The molecule has 0 spiro atoms. The molecule has 0 atom stereocenters. The van der Waals surface area contributed by atoms with Crippen molar-refractivity contribution < 1.29 is 19.4 Å². The molecule has 7 nitrogen and oxygen atoms in total. The van der Waals surface area contributed by atoms with Gasteiger partial charge in [-0.1, -0.05) is 56.0 Å². The molecule has 32 heavy (non-hydrogen) atoms. The molecule has 0 radical (unpaired) electrons. The molecule has 1 heterocycles. The zero-order chi connectivity index (χ0) is 23.0. The van der Waals surface area contributed by atoms with Crippen LogP contribution >= 0.6 is 0 Å². The number of hydrogen-bond acceptors (Lipinski definition) is 5. The van der Waals surface area contributed by atoms with E-state index in [2.05, 4.69) is 25.0 Å². The molecule has 0 bridgehead atoms. The second-order valence-corrected chi connectivity index (χ2v) is 14.6. The summed E-state index contributed by atoms with van der Waals surface area (Å²) < 4.78 is 13.3. The predicted octanol–water partition coefficient (Wildman–Crippen LogP) is 4.31. The monoisotopic (exact) mass is 455 g/mol. The molecule has 172 valence electrons. The Bertz CT molecular complexity index is 1020. The van der Waals surface area contributed by atoms with Gasteiger partial charge in [0.2, 0.25) is 0 Å². The van der Waals surface area contributed by atoms with Gasteiger partial charge in [0.05, 0.1) is 17.6 Å². The van der Waals surface area contributed by atoms with Gasteiger partial charge in [-0.2, -0.15) is 0 Å². The van der Waals surface area contributed by atoms with Crippen molar-refractivity contribution in [2.45, 2.75) is 52.0 Å². The van der Waals surface area contributed by atoms with Crippen molar-refractivity contribution in [3.8, 4) is 0 Å². The number of aliphatic hydroxyl groups is 1. The molecule has 2 N–H and O–H groups in total. The standard InChI is InChI=1S/C24H33N3O4Si/c1-32(2,3)14-13-30-18-27-22-10-9-19(11-12-28)15-21(22)26-23(27)16-25-24(29)31-17-20-7-5-4-6-8-20/h4-10,15,28H,11-14,16-18H2,1-3H3,(H,25,29). The van der Waals surface area contributed by atoms with E-state index >= 15 is 0 Å². The van der Waals surface area contributed by atoms with Gasteiger partial charge in [0.15, 0.2) is 0 Å². The van der Waals surface area contributed by atoms with Crippen LogP contribution < -0.4 is 5.32 Å². The highest BCUT2D eigenvalue weighted by Crippen LogP contribution is 2.19. The average molecular weight is 456 g/mol. The summed E-state index contributed by atoms with van der Waals surface area (Å²) in [6, 6.07) is 16.6. The fourth-order valence-electron chi connectivity index (χ4n) is 3.25. The first kappa shape index (κ1) is 24.0. The summed E-state index contributed by atoms with van der Waals surface area (Å²) in [5.74, 6) is 0.700. The van der Waals surface area contributed by atoms with Crippen LogP contribution in [0.25, 0.3) is 11.0 Å². The lowest BCUT2D eigenvalue weighted by atomic mass is 10.1.